The molecule has 29 heavy (non-hydrogen) atoms. The van der Waals surface area contributed by atoms with E-state index in [0.29, 0.717) is 29.6 Å². The number of amides is 1. The molecule has 1 amide bonds. The van der Waals surface area contributed by atoms with Crippen LogP contribution in [-0.4, -0.2) is 29.0 Å². The van der Waals surface area contributed by atoms with E-state index >= 15 is 0 Å². The molecule has 3 rings (SSSR count). The molecular formula is C23H29N3O3. The molecule has 1 aromatic heterocycles. The molecule has 1 saturated carbocycles. The number of hydrogen-bond donors (Lipinski definition) is 1. The number of nitrogens with two attached hydrogens (primary N) is 1. The van der Waals surface area contributed by atoms with E-state index in [4.69, 9.17) is 10.5 Å². The van der Waals surface area contributed by atoms with Gasteiger partial charge in [-0.1, -0.05) is 24.3 Å². The van der Waals surface area contributed by atoms with Gasteiger partial charge in [-0.25, -0.2) is 4.98 Å². The number of hydrogen-bond acceptors (Lipinski definition) is 5. The highest BCUT2D eigenvalue weighted by Crippen LogP contribution is 2.38. The van der Waals surface area contributed by atoms with Crippen molar-refractivity contribution in [3.63, 3.8) is 0 Å². The summed E-state index contributed by atoms with van der Waals surface area (Å²) < 4.78 is 4.74. The molecule has 1 aromatic carbocycles. The number of esters is 1. The zero-order valence-electron chi connectivity index (χ0n) is 17.4. The average molecular weight is 396 g/mol. The fourth-order valence-electron chi connectivity index (χ4n) is 4.26. The standard InChI is InChI=1S/C23H29N3O3/c1-14-21(26-22(23(24)28)15(2)25-14)19-11-9-18(10-12-19)17-7-4-16(5-8-17)6-13-20(27)29-3/h9-12,16-17H,4-8,13H2,1-3H3,(H2,24,28). The summed E-state index contributed by atoms with van der Waals surface area (Å²) in [4.78, 5) is 31.8. The van der Waals surface area contributed by atoms with Gasteiger partial charge in [0, 0.05) is 12.0 Å². The molecule has 2 aromatic rings. The van der Waals surface area contributed by atoms with Crippen LogP contribution in [0.1, 0.15) is 71.9 Å². The summed E-state index contributed by atoms with van der Waals surface area (Å²) in [5.74, 6) is 0.487. The Morgan fingerprint density at radius 1 is 1.03 bits per heavy atom. The van der Waals surface area contributed by atoms with E-state index in [1.54, 1.807) is 6.92 Å². The molecule has 1 aliphatic carbocycles. The van der Waals surface area contributed by atoms with E-state index in [-0.39, 0.29) is 11.7 Å². The second-order valence-corrected chi connectivity index (χ2v) is 7.91. The van der Waals surface area contributed by atoms with Gasteiger partial charge in [0.25, 0.3) is 5.91 Å². The van der Waals surface area contributed by atoms with Crippen LogP contribution in [-0.2, 0) is 9.53 Å². The van der Waals surface area contributed by atoms with Crippen molar-refractivity contribution in [3.8, 4) is 11.3 Å². The van der Waals surface area contributed by atoms with Crippen molar-refractivity contribution in [3.05, 3.63) is 46.9 Å². The van der Waals surface area contributed by atoms with Gasteiger partial charge in [-0.05, 0) is 63.4 Å². The molecule has 0 saturated heterocycles. The van der Waals surface area contributed by atoms with Crippen molar-refractivity contribution in [1.29, 1.82) is 0 Å². The molecule has 6 heteroatoms. The number of ether oxygens (including phenoxy) is 1. The lowest BCUT2D eigenvalue weighted by Crippen LogP contribution is -2.17. The summed E-state index contributed by atoms with van der Waals surface area (Å²) in [7, 11) is 1.45. The Kier molecular flexibility index (Phi) is 6.62. The third-order valence-corrected chi connectivity index (χ3v) is 5.96. The number of aryl methyl sites for hydroxylation is 2. The average Bonchev–Trinajstić information content (AvgIpc) is 2.72. The first-order valence-corrected chi connectivity index (χ1v) is 10.2. The number of methoxy groups -OCH3 is 1. The Hall–Kier alpha value is -2.76. The molecule has 154 valence electrons. The van der Waals surface area contributed by atoms with Crippen LogP contribution in [0.25, 0.3) is 11.3 Å². The van der Waals surface area contributed by atoms with Gasteiger partial charge in [0.15, 0.2) is 0 Å². The van der Waals surface area contributed by atoms with Gasteiger partial charge in [0.1, 0.15) is 5.69 Å². The largest absolute Gasteiger partial charge is 0.469 e. The van der Waals surface area contributed by atoms with Gasteiger partial charge in [-0.15, -0.1) is 0 Å². The zero-order valence-corrected chi connectivity index (χ0v) is 17.4. The Morgan fingerprint density at radius 2 is 1.69 bits per heavy atom. The van der Waals surface area contributed by atoms with Crippen LogP contribution in [0.5, 0.6) is 0 Å². The minimum absolute atomic E-state index is 0.114. The van der Waals surface area contributed by atoms with E-state index in [1.807, 2.05) is 6.92 Å². The maximum absolute atomic E-state index is 11.6. The fourth-order valence-corrected chi connectivity index (χ4v) is 4.26. The lowest BCUT2D eigenvalue weighted by Gasteiger charge is -2.28. The monoisotopic (exact) mass is 395 g/mol. The number of nitrogens with zero attached hydrogens (tertiary/aromatic N) is 2. The molecule has 0 radical (unpaired) electrons. The summed E-state index contributed by atoms with van der Waals surface area (Å²) >= 11 is 0. The number of carbonyl (C=O) groups is 2. The summed E-state index contributed by atoms with van der Waals surface area (Å²) in [6.45, 7) is 3.64. The van der Waals surface area contributed by atoms with Crippen molar-refractivity contribution in [1.82, 2.24) is 9.97 Å². The van der Waals surface area contributed by atoms with E-state index < -0.39 is 5.91 Å². The summed E-state index contributed by atoms with van der Waals surface area (Å²) in [6.07, 6.45) is 6.01. The SMILES string of the molecule is COC(=O)CCC1CCC(c2ccc(-c3nc(C(N)=O)c(C)nc3C)cc2)CC1. The molecule has 0 aliphatic heterocycles. The number of benzene rings is 1. The predicted molar refractivity (Wildman–Crippen MR) is 111 cm³/mol. The first-order valence-electron chi connectivity index (χ1n) is 10.2. The second kappa shape index (κ2) is 9.16. The Balaban J connectivity index is 1.67. The lowest BCUT2D eigenvalue weighted by molar-refractivity contribution is -0.141. The van der Waals surface area contributed by atoms with Crippen molar-refractivity contribution in [2.75, 3.05) is 7.11 Å². The van der Waals surface area contributed by atoms with Crippen molar-refractivity contribution in [2.45, 2.75) is 58.3 Å². The van der Waals surface area contributed by atoms with Gasteiger partial charge < -0.3 is 10.5 Å². The molecular weight excluding hydrogens is 366 g/mol. The first kappa shape index (κ1) is 21.0. The van der Waals surface area contributed by atoms with Gasteiger partial charge >= 0.3 is 5.97 Å². The van der Waals surface area contributed by atoms with Crippen molar-refractivity contribution in [2.24, 2.45) is 11.7 Å². The van der Waals surface area contributed by atoms with E-state index in [9.17, 15) is 9.59 Å². The van der Waals surface area contributed by atoms with Crippen LogP contribution in [0.4, 0.5) is 0 Å². The van der Waals surface area contributed by atoms with Gasteiger partial charge in [0.05, 0.1) is 24.2 Å². The fraction of sp³-hybridized carbons (Fsp3) is 0.478. The number of aromatic nitrogens is 2. The van der Waals surface area contributed by atoms with Gasteiger partial charge in [0.2, 0.25) is 0 Å². The summed E-state index contributed by atoms with van der Waals surface area (Å²) in [6, 6.07) is 8.41. The Bertz CT molecular complexity index is 885. The Labute approximate surface area is 171 Å². The van der Waals surface area contributed by atoms with E-state index in [2.05, 4.69) is 34.2 Å². The summed E-state index contributed by atoms with van der Waals surface area (Å²) in [5.41, 5.74) is 9.95. The first-order chi connectivity index (χ1) is 13.9. The lowest BCUT2D eigenvalue weighted by atomic mass is 9.77. The molecule has 2 N–H and O–H groups in total. The normalized spacial score (nSPS) is 19.0. The second-order valence-electron chi connectivity index (χ2n) is 7.91. The van der Waals surface area contributed by atoms with Crippen LogP contribution >= 0.6 is 0 Å². The molecule has 0 atom stereocenters. The highest BCUT2D eigenvalue weighted by atomic mass is 16.5. The van der Waals surface area contributed by atoms with Crippen LogP contribution in [0.2, 0.25) is 0 Å². The van der Waals surface area contributed by atoms with Crippen LogP contribution < -0.4 is 5.73 Å². The highest BCUT2D eigenvalue weighted by molar-refractivity contribution is 5.92. The Morgan fingerprint density at radius 3 is 2.28 bits per heavy atom. The van der Waals surface area contributed by atoms with Gasteiger partial charge in [-0.2, -0.15) is 0 Å². The van der Waals surface area contributed by atoms with Gasteiger partial charge in [-0.3, -0.25) is 14.6 Å². The third-order valence-electron chi connectivity index (χ3n) is 5.96. The topological polar surface area (TPSA) is 95.2 Å². The molecule has 0 spiro atoms. The van der Waals surface area contributed by atoms with E-state index in [1.165, 1.54) is 12.7 Å². The van der Waals surface area contributed by atoms with Crippen molar-refractivity contribution < 1.29 is 14.3 Å². The van der Waals surface area contributed by atoms with Crippen LogP contribution in [0.15, 0.2) is 24.3 Å². The minimum Gasteiger partial charge on any atom is -0.469 e. The molecule has 6 nitrogen and oxygen atoms in total. The quantitative estimate of drug-likeness (QED) is 0.744. The van der Waals surface area contributed by atoms with Crippen LogP contribution in [0, 0.1) is 19.8 Å². The van der Waals surface area contributed by atoms with Crippen molar-refractivity contribution >= 4 is 11.9 Å². The predicted octanol–water partition coefficient (Wildman–Crippen LogP) is 4.09. The maximum atomic E-state index is 11.6. The third kappa shape index (κ3) is 5.00. The van der Waals surface area contributed by atoms with E-state index in [0.717, 1.165) is 43.4 Å². The van der Waals surface area contributed by atoms with Crippen LogP contribution in [0.3, 0.4) is 0 Å². The molecule has 0 unspecified atom stereocenters. The highest BCUT2D eigenvalue weighted by Gasteiger charge is 2.23. The molecule has 0 bridgehead atoms. The number of carbonyl (C=O) groups excluding carboxylic acids is 2. The summed E-state index contributed by atoms with van der Waals surface area (Å²) in [5, 5.41) is 0. The smallest absolute Gasteiger partial charge is 0.305 e. The molecule has 1 fully saturated rings. The zero-order chi connectivity index (χ0) is 21.0. The number of rotatable bonds is 6. The molecule has 1 aliphatic rings. The molecule has 1 heterocycles. The number of primary amides is 1. The maximum Gasteiger partial charge on any atom is 0.305 e. The minimum atomic E-state index is -0.558.